The van der Waals surface area contributed by atoms with Gasteiger partial charge in [-0.1, -0.05) is 31.9 Å². The third-order valence-corrected chi connectivity index (χ3v) is 3.63. The molecule has 0 amide bonds. The van der Waals surface area contributed by atoms with E-state index in [0.29, 0.717) is 4.90 Å². The number of nitrogens with one attached hydrogen (secondary N) is 1. The van der Waals surface area contributed by atoms with Crippen LogP contribution in [0.5, 0.6) is 0 Å². The molecule has 3 N–H and O–H groups in total. The minimum Gasteiger partial charge on any atom is -0.271 e. The number of rotatable bonds is 7. The molecule has 0 saturated heterocycles. The number of benzene rings is 1. The number of hydrogen-bond acceptors (Lipinski definition) is 3. The van der Waals surface area contributed by atoms with Gasteiger partial charge in [0, 0.05) is 16.7 Å². The molecule has 1 rings (SSSR count). The average molecular weight is 242 g/mol. The van der Waals surface area contributed by atoms with E-state index in [2.05, 4.69) is 12.3 Å². The topological polar surface area (TPSA) is 38.0 Å². The van der Waals surface area contributed by atoms with Crippen LogP contribution in [0.25, 0.3) is 0 Å². The number of hydrogen-bond donors (Lipinski definition) is 2. The molecule has 0 spiro atoms. The van der Waals surface area contributed by atoms with Crippen molar-refractivity contribution in [3.8, 4) is 0 Å². The van der Waals surface area contributed by atoms with E-state index in [1.54, 1.807) is 12.1 Å². The maximum Gasteiger partial charge on any atom is 0.136 e. The highest BCUT2D eigenvalue weighted by Gasteiger charge is 2.08. The summed E-state index contributed by atoms with van der Waals surface area (Å²) in [5.74, 6) is 6.11. The highest BCUT2D eigenvalue weighted by Crippen LogP contribution is 2.22. The molecule has 0 aromatic heterocycles. The van der Waals surface area contributed by atoms with Crippen molar-refractivity contribution in [2.45, 2.75) is 37.1 Å². The zero-order valence-electron chi connectivity index (χ0n) is 9.58. The predicted molar refractivity (Wildman–Crippen MR) is 67.8 cm³/mol. The Kier molecular flexibility index (Phi) is 6.45. The Balaban J connectivity index is 2.40. The Morgan fingerprint density at radius 2 is 2.19 bits per heavy atom. The zero-order chi connectivity index (χ0) is 11.8. The standard InChI is InChI=1S/C12H19FN2S/c1-2-3-6-10(15-14)9-16-12-8-5-4-7-11(12)13/h4-5,7-8,10,15H,2-3,6,9,14H2,1H3. The van der Waals surface area contributed by atoms with Gasteiger partial charge in [0.2, 0.25) is 0 Å². The second-order valence-corrected chi connectivity index (χ2v) is 4.81. The number of nitrogens with two attached hydrogens (primary N) is 1. The molecule has 90 valence electrons. The van der Waals surface area contributed by atoms with Gasteiger partial charge in [0.05, 0.1) is 0 Å². The second kappa shape index (κ2) is 7.65. The number of hydrazine groups is 1. The molecule has 0 bridgehead atoms. The van der Waals surface area contributed by atoms with Crippen molar-refractivity contribution in [1.29, 1.82) is 0 Å². The predicted octanol–water partition coefficient (Wildman–Crippen LogP) is 2.94. The van der Waals surface area contributed by atoms with Crippen molar-refractivity contribution in [1.82, 2.24) is 5.43 Å². The summed E-state index contributed by atoms with van der Waals surface area (Å²) in [6.07, 6.45) is 3.34. The van der Waals surface area contributed by atoms with Gasteiger partial charge in [0.25, 0.3) is 0 Å². The van der Waals surface area contributed by atoms with Gasteiger partial charge in [0.1, 0.15) is 5.82 Å². The smallest absolute Gasteiger partial charge is 0.136 e. The summed E-state index contributed by atoms with van der Waals surface area (Å²) in [5, 5.41) is 0. The summed E-state index contributed by atoms with van der Waals surface area (Å²) in [6.45, 7) is 2.15. The van der Waals surface area contributed by atoms with E-state index in [4.69, 9.17) is 5.84 Å². The first-order chi connectivity index (χ1) is 7.77. The van der Waals surface area contributed by atoms with Crippen LogP contribution in [0, 0.1) is 5.82 Å². The van der Waals surface area contributed by atoms with E-state index in [9.17, 15) is 4.39 Å². The number of unbranched alkanes of at least 4 members (excludes halogenated alkanes) is 1. The van der Waals surface area contributed by atoms with Gasteiger partial charge in [-0.05, 0) is 18.6 Å². The molecule has 0 aliphatic carbocycles. The van der Waals surface area contributed by atoms with Crippen molar-refractivity contribution in [2.24, 2.45) is 5.84 Å². The second-order valence-electron chi connectivity index (χ2n) is 3.75. The van der Waals surface area contributed by atoms with E-state index in [-0.39, 0.29) is 11.9 Å². The van der Waals surface area contributed by atoms with Gasteiger partial charge < -0.3 is 0 Å². The highest BCUT2D eigenvalue weighted by atomic mass is 32.2. The first-order valence-electron chi connectivity index (χ1n) is 5.61. The van der Waals surface area contributed by atoms with Crippen LogP contribution in [-0.2, 0) is 0 Å². The highest BCUT2D eigenvalue weighted by molar-refractivity contribution is 7.99. The van der Waals surface area contributed by atoms with Crippen LogP contribution in [0.4, 0.5) is 4.39 Å². The maximum atomic E-state index is 13.3. The molecule has 1 aromatic carbocycles. The first kappa shape index (κ1) is 13.5. The molecule has 0 heterocycles. The summed E-state index contributed by atoms with van der Waals surface area (Å²) < 4.78 is 13.3. The largest absolute Gasteiger partial charge is 0.271 e. The third-order valence-electron chi connectivity index (χ3n) is 2.42. The third kappa shape index (κ3) is 4.51. The van der Waals surface area contributed by atoms with E-state index in [1.165, 1.54) is 17.8 Å². The van der Waals surface area contributed by atoms with Crippen molar-refractivity contribution >= 4 is 11.8 Å². The Morgan fingerprint density at radius 3 is 2.81 bits per heavy atom. The molecule has 2 nitrogen and oxygen atoms in total. The van der Waals surface area contributed by atoms with E-state index < -0.39 is 0 Å². The minimum absolute atomic E-state index is 0.154. The fourth-order valence-corrected chi connectivity index (χ4v) is 2.44. The van der Waals surface area contributed by atoms with Gasteiger partial charge in [0.15, 0.2) is 0 Å². The fourth-order valence-electron chi connectivity index (χ4n) is 1.42. The SMILES string of the molecule is CCCCC(CSc1ccccc1F)NN. The Labute approximate surface area is 101 Å². The van der Waals surface area contributed by atoms with E-state index >= 15 is 0 Å². The van der Waals surface area contributed by atoms with Crippen molar-refractivity contribution in [3.63, 3.8) is 0 Å². The quantitative estimate of drug-likeness (QED) is 0.438. The molecular weight excluding hydrogens is 223 g/mol. The zero-order valence-corrected chi connectivity index (χ0v) is 10.4. The van der Waals surface area contributed by atoms with E-state index in [1.807, 2.05) is 6.07 Å². The summed E-state index contributed by atoms with van der Waals surface area (Å²) in [7, 11) is 0. The van der Waals surface area contributed by atoms with Crippen LogP contribution in [0.2, 0.25) is 0 Å². The van der Waals surface area contributed by atoms with E-state index in [0.717, 1.165) is 25.0 Å². The van der Waals surface area contributed by atoms with Gasteiger partial charge in [-0.2, -0.15) is 0 Å². The molecule has 16 heavy (non-hydrogen) atoms. The van der Waals surface area contributed by atoms with Crippen LogP contribution < -0.4 is 11.3 Å². The van der Waals surface area contributed by atoms with Gasteiger partial charge in [-0.15, -0.1) is 11.8 Å². The van der Waals surface area contributed by atoms with Crippen LogP contribution >= 0.6 is 11.8 Å². The molecule has 0 saturated carbocycles. The molecule has 0 aliphatic heterocycles. The lowest BCUT2D eigenvalue weighted by atomic mass is 10.1. The lowest BCUT2D eigenvalue weighted by Gasteiger charge is -2.14. The summed E-state index contributed by atoms with van der Waals surface area (Å²) in [6, 6.07) is 7.09. The Bertz CT molecular complexity index is 307. The lowest BCUT2D eigenvalue weighted by molar-refractivity contribution is 0.515. The molecule has 0 radical (unpaired) electrons. The number of thioether (sulfide) groups is 1. The molecule has 0 fully saturated rings. The normalized spacial score (nSPS) is 12.7. The average Bonchev–Trinajstić information content (AvgIpc) is 2.31. The van der Waals surface area contributed by atoms with Gasteiger partial charge in [-0.3, -0.25) is 11.3 Å². The monoisotopic (exact) mass is 242 g/mol. The maximum absolute atomic E-state index is 13.3. The van der Waals surface area contributed by atoms with Crippen molar-refractivity contribution in [3.05, 3.63) is 30.1 Å². The Morgan fingerprint density at radius 1 is 1.44 bits per heavy atom. The van der Waals surface area contributed by atoms with Crippen LogP contribution in [0.15, 0.2) is 29.2 Å². The lowest BCUT2D eigenvalue weighted by Crippen LogP contribution is -2.36. The summed E-state index contributed by atoms with van der Waals surface area (Å²) in [4.78, 5) is 0.694. The molecule has 1 aromatic rings. The van der Waals surface area contributed by atoms with Gasteiger partial charge >= 0.3 is 0 Å². The first-order valence-corrected chi connectivity index (χ1v) is 6.60. The molecule has 0 aliphatic rings. The van der Waals surface area contributed by atoms with Crippen molar-refractivity contribution < 1.29 is 4.39 Å². The summed E-state index contributed by atoms with van der Waals surface area (Å²) >= 11 is 1.51. The van der Waals surface area contributed by atoms with Crippen LogP contribution in [0.1, 0.15) is 26.2 Å². The van der Waals surface area contributed by atoms with Gasteiger partial charge in [-0.25, -0.2) is 4.39 Å². The Hall–Kier alpha value is -0.580. The van der Waals surface area contributed by atoms with Crippen molar-refractivity contribution in [2.75, 3.05) is 5.75 Å². The van der Waals surface area contributed by atoms with Crippen LogP contribution in [0.3, 0.4) is 0 Å². The number of halogens is 1. The molecule has 1 unspecified atom stereocenters. The molecule has 1 atom stereocenters. The van der Waals surface area contributed by atoms with Crippen LogP contribution in [-0.4, -0.2) is 11.8 Å². The molecular formula is C12H19FN2S. The fraction of sp³-hybridized carbons (Fsp3) is 0.500. The summed E-state index contributed by atoms with van der Waals surface area (Å²) in [5.41, 5.74) is 2.78. The minimum atomic E-state index is -0.154. The molecule has 4 heteroatoms.